The lowest BCUT2D eigenvalue weighted by atomic mass is 9.91. The SMILES string of the molecule is O=C(NC1CCCC(Nc2nc(-c3c[nH]c4ncc(Cl)cc34)ncc2F)C1)N1CCCC1. The van der Waals surface area contributed by atoms with Crippen LogP contribution in [0.25, 0.3) is 22.4 Å². The molecule has 2 atom stereocenters. The number of hydrogen-bond donors (Lipinski definition) is 3. The smallest absolute Gasteiger partial charge is 0.317 e. The van der Waals surface area contributed by atoms with Crippen LogP contribution >= 0.6 is 11.6 Å². The highest BCUT2D eigenvalue weighted by Crippen LogP contribution is 2.29. The van der Waals surface area contributed by atoms with E-state index in [9.17, 15) is 9.18 Å². The Morgan fingerprint density at radius 2 is 1.97 bits per heavy atom. The monoisotopic (exact) mass is 457 g/mol. The Kier molecular flexibility index (Phi) is 5.82. The van der Waals surface area contributed by atoms with E-state index in [1.165, 1.54) is 6.20 Å². The quantitative estimate of drug-likeness (QED) is 0.541. The molecule has 0 spiro atoms. The van der Waals surface area contributed by atoms with Gasteiger partial charge in [0.25, 0.3) is 0 Å². The van der Waals surface area contributed by atoms with Gasteiger partial charge in [-0.25, -0.2) is 24.1 Å². The lowest BCUT2D eigenvalue weighted by molar-refractivity contribution is 0.199. The Labute approximate surface area is 190 Å². The second kappa shape index (κ2) is 8.90. The van der Waals surface area contributed by atoms with Gasteiger partial charge in [0.1, 0.15) is 5.65 Å². The number of halogens is 2. The molecule has 1 aliphatic carbocycles. The van der Waals surface area contributed by atoms with Gasteiger partial charge in [0.15, 0.2) is 17.5 Å². The first-order valence-electron chi connectivity index (χ1n) is 11.0. The molecule has 2 amide bonds. The summed E-state index contributed by atoms with van der Waals surface area (Å²) in [6, 6.07) is 1.88. The van der Waals surface area contributed by atoms with E-state index in [1.807, 2.05) is 4.90 Å². The second-order valence-corrected chi connectivity index (χ2v) is 8.93. The average molecular weight is 458 g/mol. The van der Waals surface area contributed by atoms with Crippen molar-refractivity contribution < 1.29 is 9.18 Å². The third-order valence-corrected chi connectivity index (χ3v) is 6.43. The Morgan fingerprint density at radius 1 is 1.16 bits per heavy atom. The van der Waals surface area contributed by atoms with Gasteiger partial charge in [0.05, 0.1) is 11.2 Å². The number of H-pyrrole nitrogens is 1. The highest BCUT2D eigenvalue weighted by Gasteiger charge is 2.27. The van der Waals surface area contributed by atoms with E-state index in [-0.39, 0.29) is 23.9 Å². The zero-order chi connectivity index (χ0) is 22.1. The van der Waals surface area contributed by atoms with Crippen LogP contribution in [0, 0.1) is 5.82 Å². The number of carbonyl (C=O) groups excluding carboxylic acids is 1. The largest absolute Gasteiger partial charge is 0.365 e. The van der Waals surface area contributed by atoms with Crippen LogP contribution in [0.1, 0.15) is 38.5 Å². The summed E-state index contributed by atoms with van der Waals surface area (Å²) < 4.78 is 14.6. The molecule has 168 valence electrons. The number of amides is 2. The van der Waals surface area contributed by atoms with Crippen molar-refractivity contribution in [3.8, 4) is 11.4 Å². The molecule has 2 aliphatic rings. The van der Waals surface area contributed by atoms with Gasteiger partial charge in [0, 0.05) is 48.5 Å². The summed E-state index contributed by atoms with van der Waals surface area (Å²) in [4.78, 5) is 30.3. The van der Waals surface area contributed by atoms with Crippen molar-refractivity contribution in [1.82, 2.24) is 30.2 Å². The van der Waals surface area contributed by atoms with Crippen molar-refractivity contribution in [2.24, 2.45) is 0 Å². The Hall–Kier alpha value is -2.94. The molecular weight excluding hydrogens is 433 g/mol. The summed E-state index contributed by atoms with van der Waals surface area (Å²) in [6.45, 7) is 1.65. The molecule has 3 aromatic heterocycles. The van der Waals surface area contributed by atoms with Crippen molar-refractivity contribution in [3.05, 3.63) is 35.5 Å². The third-order valence-electron chi connectivity index (χ3n) is 6.22. The van der Waals surface area contributed by atoms with Crippen LogP contribution in [0.15, 0.2) is 24.7 Å². The van der Waals surface area contributed by atoms with Gasteiger partial charge in [-0.3, -0.25) is 0 Å². The van der Waals surface area contributed by atoms with Gasteiger partial charge < -0.3 is 20.5 Å². The molecular formula is C22H25ClFN7O. The van der Waals surface area contributed by atoms with E-state index >= 15 is 0 Å². The molecule has 0 radical (unpaired) electrons. The Morgan fingerprint density at radius 3 is 2.81 bits per heavy atom. The number of likely N-dealkylation sites (tertiary alicyclic amines) is 1. The lowest BCUT2D eigenvalue weighted by Crippen LogP contribution is -2.47. The fourth-order valence-corrected chi connectivity index (χ4v) is 4.75. The molecule has 1 aliphatic heterocycles. The molecule has 5 rings (SSSR count). The molecule has 4 heterocycles. The highest BCUT2D eigenvalue weighted by atomic mass is 35.5. The molecule has 10 heteroatoms. The van der Waals surface area contributed by atoms with Crippen LogP contribution in [0.3, 0.4) is 0 Å². The number of hydrogen-bond acceptors (Lipinski definition) is 5. The standard InChI is InChI=1S/C22H25ClFN7O/c23-13-8-16-17(11-26-19(16)25-10-13)20-27-12-18(24)21(30-20)28-14-4-3-5-15(9-14)29-22(32)31-6-1-2-7-31/h8,10-12,14-15H,1-7,9H2,(H,25,26)(H,29,32)(H,27,28,30). The van der Waals surface area contributed by atoms with Crippen molar-refractivity contribution in [2.75, 3.05) is 18.4 Å². The normalized spacial score (nSPS) is 21.1. The minimum Gasteiger partial charge on any atom is -0.365 e. The van der Waals surface area contributed by atoms with Gasteiger partial charge in [0.2, 0.25) is 0 Å². The van der Waals surface area contributed by atoms with E-state index in [1.54, 1.807) is 18.5 Å². The van der Waals surface area contributed by atoms with Gasteiger partial charge in [-0.05, 0) is 44.6 Å². The number of rotatable bonds is 4. The van der Waals surface area contributed by atoms with Crippen molar-refractivity contribution in [2.45, 2.75) is 50.6 Å². The maximum Gasteiger partial charge on any atom is 0.317 e. The number of carbonyl (C=O) groups is 1. The average Bonchev–Trinajstić information content (AvgIpc) is 3.46. The first-order chi connectivity index (χ1) is 15.6. The zero-order valence-electron chi connectivity index (χ0n) is 17.6. The van der Waals surface area contributed by atoms with E-state index < -0.39 is 5.82 Å². The van der Waals surface area contributed by atoms with Crippen molar-refractivity contribution in [1.29, 1.82) is 0 Å². The van der Waals surface area contributed by atoms with Crippen molar-refractivity contribution >= 4 is 34.5 Å². The number of urea groups is 1. The van der Waals surface area contributed by atoms with E-state index in [4.69, 9.17) is 11.6 Å². The number of fused-ring (bicyclic) bond motifs is 1. The van der Waals surface area contributed by atoms with Gasteiger partial charge in [-0.1, -0.05) is 11.6 Å². The molecule has 32 heavy (non-hydrogen) atoms. The molecule has 1 saturated carbocycles. The predicted molar refractivity (Wildman–Crippen MR) is 121 cm³/mol. The summed E-state index contributed by atoms with van der Waals surface area (Å²) >= 11 is 6.09. The van der Waals surface area contributed by atoms with Crippen LogP contribution in [-0.4, -0.2) is 56.0 Å². The maximum absolute atomic E-state index is 14.6. The third kappa shape index (κ3) is 4.34. The second-order valence-electron chi connectivity index (χ2n) is 8.49. The summed E-state index contributed by atoms with van der Waals surface area (Å²) in [7, 11) is 0. The zero-order valence-corrected chi connectivity index (χ0v) is 18.3. The topological polar surface area (TPSA) is 98.8 Å². The first-order valence-corrected chi connectivity index (χ1v) is 11.4. The van der Waals surface area contributed by atoms with Crippen LogP contribution < -0.4 is 10.6 Å². The minimum absolute atomic E-state index is 0.00950. The molecule has 0 aromatic carbocycles. The fourth-order valence-electron chi connectivity index (χ4n) is 4.59. The van der Waals surface area contributed by atoms with E-state index in [0.29, 0.717) is 22.1 Å². The van der Waals surface area contributed by atoms with E-state index in [0.717, 1.165) is 57.0 Å². The number of pyridine rings is 1. The molecule has 2 unspecified atom stereocenters. The molecule has 3 aromatic rings. The first kappa shape index (κ1) is 20.9. The minimum atomic E-state index is -0.507. The van der Waals surface area contributed by atoms with Crippen LogP contribution in [0.5, 0.6) is 0 Å². The Balaban J connectivity index is 1.30. The van der Waals surface area contributed by atoms with Crippen LogP contribution in [-0.2, 0) is 0 Å². The number of aromatic amines is 1. The molecule has 8 nitrogen and oxygen atoms in total. The summed E-state index contributed by atoms with van der Waals surface area (Å²) in [5, 5.41) is 7.67. The highest BCUT2D eigenvalue weighted by molar-refractivity contribution is 6.31. The van der Waals surface area contributed by atoms with Gasteiger partial charge >= 0.3 is 6.03 Å². The molecule has 3 N–H and O–H groups in total. The number of nitrogens with zero attached hydrogens (tertiary/aromatic N) is 4. The maximum atomic E-state index is 14.6. The molecule has 0 bridgehead atoms. The summed E-state index contributed by atoms with van der Waals surface area (Å²) in [6.07, 6.45) is 10.1. The fraction of sp³-hybridized carbons (Fsp3) is 0.455. The number of anilines is 1. The number of aromatic nitrogens is 4. The number of nitrogens with one attached hydrogen (secondary N) is 3. The molecule has 2 fully saturated rings. The lowest BCUT2D eigenvalue weighted by Gasteiger charge is -2.32. The summed E-state index contributed by atoms with van der Waals surface area (Å²) in [5.74, 6) is 0.0442. The van der Waals surface area contributed by atoms with Crippen molar-refractivity contribution in [3.63, 3.8) is 0 Å². The van der Waals surface area contributed by atoms with Crippen LogP contribution in [0.2, 0.25) is 5.02 Å². The molecule has 1 saturated heterocycles. The van der Waals surface area contributed by atoms with Crippen LogP contribution in [0.4, 0.5) is 15.0 Å². The van der Waals surface area contributed by atoms with Gasteiger partial charge in [-0.15, -0.1) is 0 Å². The van der Waals surface area contributed by atoms with Gasteiger partial charge in [-0.2, -0.15) is 0 Å². The van der Waals surface area contributed by atoms with E-state index in [2.05, 4.69) is 30.6 Å². The Bertz CT molecular complexity index is 1130. The summed E-state index contributed by atoms with van der Waals surface area (Å²) in [5.41, 5.74) is 1.37. The predicted octanol–water partition coefficient (Wildman–Crippen LogP) is 4.34.